The van der Waals surface area contributed by atoms with Gasteiger partial charge in [0.25, 0.3) is 15.9 Å². The Hall–Kier alpha value is -3.40. The molecule has 1 N–H and O–H groups in total. The van der Waals surface area contributed by atoms with Gasteiger partial charge in [0, 0.05) is 0 Å². The summed E-state index contributed by atoms with van der Waals surface area (Å²) in [5.41, 5.74) is 2.90. The number of aromatic nitrogens is 2. The van der Waals surface area contributed by atoms with E-state index >= 15 is 0 Å². The van der Waals surface area contributed by atoms with Crippen molar-refractivity contribution in [3.05, 3.63) is 82.9 Å². The minimum absolute atomic E-state index is 0.0157. The summed E-state index contributed by atoms with van der Waals surface area (Å²) < 4.78 is 40.9. The lowest BCUT2D eigenvalue weighted by molar-refractivity contribution is 0.160. The number of likely N-dealkylation sites (tertiary alicyclic amines) is 1. The second-order valence-corrected chi connectivity index (χ2v) is 12.0. The molecule has 1 aliphatic heterocycles. The highest BCUT2D eigenvalue weighted by atomic mass is 35.5. The fraction of sp³-hybridized carbons (Fsp3) is 0.310. The van der Waals surface area contributed by atoms with E-state index < -0.39 is 10.0 Å². The molecule has 204 valence electrons. The van der Waals surface area contributed by atoms with Crippen LogP contribution in [0.1, 0.15) is 24.0 Å². The van der Waals surface area contributed by atoms with Gasteiger partial charge in [-0.2, -0.15) is 0 Å². The van der Waals surface area contributed by atoms with Crippen LogP contribution in [0.15, 0.2) is 71.6 Å². The van der Waals surface area contributed by atoms with Gasteiger partial charge in [-0.05, 0) is 87.8 Å². The van der Waals surface area contributed by atoms with Crippen molar-refractivity contribution in [1.82, 2.24) is 14.9 Å². The van der Waals surface area contributed by atoms with Gasteiger partial charge in [0.05, 0.1) is 27.6 Å². The molecule has 0 unspecified atom stereocenters. The first-order chi connectivity index (χ1) is 18.8. The van der Waals surface area contributed by atoms with Crippen LogP contribution in [-0.4, -0.2) is 50.0 Å². The van der Waals surface area contributed by atoms with E-state index in [9.17, 15) is 8.42 Å². The predicted octanol–water partition coefficient (Wildman–Crippen LogP) is 5.69. The van der Waals surface area contributed by atoms with E-state index in [2.05, 4.69) is 26.6 Å². The average Bonchev–Trinajstić information content (AvgIpc) is 2.93. The van der Waals surface area contributed by atoms with Crippen LogP contribution in [0.5, 0.6) is 11.6 Å². The molecule has 0 atom stereocenters. The van der Waals surface area contributed by atoms with Crippen LogP contribution in [0.4, 0.5) is 5.82 Å². The Morgan fingerprint density at radius 2 is 1.67 bits per heavy atom. The van der Waals surface area contributed by atoms with Crippen molar-refractivity contribution in [3.8, 4) is 11.6 Å². The molecule has 8 nitrogen and oxygen atoms in total. The first kappa shape index (κ1) is 27.2. The van der Waals surface area contributed by atoms with Crippen LogP contribution >= 0.6 is 11.6 Å². The van der Waals surface area contributed by atoms with Crippen LogP contribution in [0.3, 0.4) is 0 Å². The minimum atomic E-state index is -3.91. The van der Waals surface area contributed by atoms with Crippen molar-refractivity contribution in [2.24, 2.45) is 5.92 Å². The Balaban J connectivity index is 1.34. The molecule has 1 aromatic heterocycles. The molecule has 5 rings (SSSR count). The molecule has 2 heterocycles. The van der Waals surface area contributed by atoms with E-state index in [0.717, 1.165) is 37.1 Å². The molecule has 1 aliphatic rings. The topological polar surface area (TPSA) is 93.7 Å². The Morgan fingerprint density at radius 1 is 0.974 bits per heavy atom. The van der Waals surface area contributed by atoms with Gasteiger partial charge in [-0.1, -0.05) is 47.5 Å². The summed E-state index contributed by atoms with van der Waals surface area (Å²) in [4.78, 5) is 11.5. The van der Waals surface area contributed by atoms with Gasteiger partial charge in [-0.15, -0.1) is 0 Å². The summed E-state index contributed by atoms with van der Waals surface area (Å²) in [6.45, 7) is 4.76. The van der Waals surface area contributed by atoms with Gasteiger partial charge in [-0.3, -0.25) is 4.72 Å². The quantitative estimate of drug-likeness (QED) is 0.278. The number of ether oxygens (including phenoxy) is 2. The fourth-order valence-corrected chi connectivity index (χ4v) is 5.56. The van der Waals surface area contributed by atoms with Crippen molar-refractivity contribution < 1.29 is 17.9 Å². The number of halogens is 1. The molecule has 0 aliphatic carbocycles. The summed E-state index contributed by atoms with van der Waals surface area (Å²) in [6, 6.07) is 19.3. The summed E-state index contributed by atoms with van der Waals surface area (Å²) >= 11 is 6.41. The summed E-state index contributed by atoms with van der Waals surface area (Å²) in [5.74, 6) is 1.19. The number of benzene rings is 3. The summed E-state index contributed by atoms with van der Waals surface area (Å²) in [7, 11) is -1.78. The van der Waals surface area contributed by atoms with E-state index in [1.54, 1.807) is 42.5 Å². The largest absolute Gasteiger partial charge is 0.492 e. The zero-order valence-electron chi connectivity index (χ0n) is 21.9. The number of nitrogens with zero attached hydrogens (tertiary/aromatic N) is 3. The van der Waals surface area contributed by atoms with Gasteiger partial charge >= 0.3 is 0 Å². The van der Waals surface area contributed by atoms with Crippen LogP contribution in [0.25, 0.3) is 11.0 Å². The molecular formula is C29H31ClN4O4S. The Morgan fingerprint density at radius 3 is 2.38 bits per heavy atom. The van der Waals surface area contributed by atoms with Crippen LogP contribution in [-0.2, 0) is 16.6 Å². The smallest absolute Gasteiger partial charge is 0.263 e. The highest BCUT2D eigenvalue weighted by Gasteiger charge is 2.21. The van der Waals surface area contributed by atoms with E-state index in [4.69, 9.17) is 21.1 Å². The van der Waals surface area contributed by atoms with Gasteiger partial charge in [0.2, 0.25) is 5.82 Å². The SMILES string of the molecule is Cc1ccc(S(=O)(=O)Nc2nc3ccccc3nc2OCc2ccc(Cl)c(OCC3CCN(C)CC3)c2)cc1. The molecule has 0 spiro atoms. The van der Waals surface area contributed by atoms with Crippen LogP contribution in [0, 0.1) is 12.8 Å². The van der Waals surface area contributed by atoms with E-state index in [1.807, 2.05) is 31.2 Å². The van der Waals surface area contributed by atoms with Gasteiger partial charge < -0.3 is 14.4 Å². The average molecular weight is 567 g/mol. The van der Waals surface area contributed by atoms with Crippen molar-refractivity contribution in [3.63, 3.8) is 0 Å². The van der Waals surface area contributed by atoms with Crippen molar-refractivity contribution >= 4 is 38.5 Å². The number of hydrogen-bond acceptors (Lipinski definition) is 7. The van der Waals surface area contributed by atoms with E-state index in [1.165, 1.54) is 0 Å². The molecule has 0 radical (unpaired) electrons. The maximum absolute atomic E-state index is 13.1. The number of rotatable bonds is 9. The molecule has 4 aromatic rings. The number of para-hydroxylation sites is 2. The van der Waals surface area contributed by atoms with E-state index in [-0.39, 0.29) is 23.2 Å². The first-order valence-corrected chi connectivity index (χ1v) is 14.7. The number of fused-ring (bicyclic) bond motifs is 1. The maximum atomic E-state index is 13.1. The van der Waals surface area contributed by atoms with Crippen molar-refractivity contribution in [2.75, 3.05) is 31.5 Å². The molecule has 3 aromatic carbocycles. The lowest BCUT2D eigenvalue weighted by atomic mass is 9.98. The van der Waals surface area contributed by atoms with Crippen molar-refractivity contribution in [1.29, 1.82) is 0 Å². The Labute approximate surface area is 234 Å². The molecule has 1 fully saturated rings. The third kappa shape index (κ3) is 6.79. The number of piperidine rings is 1. The van der Waals surface area contributed by atoms with E-state index in [0.29, 0.717) is 34.3 Å². The first-order valence-electron chi connectivity index (χ1n) is 12.9. The molecule has 10 heteroatoms. The highest BCUT2D eigenvalue weighted by molar-refractivity contribution is 7.92. The summed E-state index contributed by atoms with van der Waals surface area (Å²) in [5, 5.41) is 0.531. The monoisotopic (exact) mass is 566 g/mol. The van der Waals surface area contributed by atoms with Gasteiger partial charge in [0.15, 0.2) is 0 Å². The minimum Gasteiger partial charge on any atom is -0.492 e. The normalized spacial score (nSPS) is 14.8. The third-order valence-corrected chi connectivity index (χ3v) is 8.45. The lowest BCUT2D eigenvalue weighted by Gasteiger charge is -2.28. The van der Waals surface area contributed by atoms with Crippen molar-refractivity contribution in [2.45, 2.75) is 31.3 Å². The molecular weight excluding hydrogens is 536 g/mol. The van der Waals surface area contributed by atoms with Crippen LogP contribution < -0.4 is 14.2 Å². The number of anilines is 1. The second kappa shape index (κ2) is 11.8. The molecule has 1 saturated heterocycles. The predicted molar refractivity (Wildman–Crippen MR) is 153 cm³/mol. The Bertz CT molecular complexity index is 1560. The van der Waals surface area contributed by atoms with Crippen LogP contribution in [0.2, 0.25) is 5.02 Å². The lowest BCUT2D eigenvalue weighted by Crippen LogP contribution is -2.32. The molecule has 0 saturated carbocycles. The second-order valence-electron chi connectivity index (χ2n) is 9.90. The zero-order chi connectivity index (χ0) is 27.4. The molecule has 0 amide bonds. The van der Waals surface area contributed by atoms with Gasteiger partial charge in [-0.25, -0.2) is 18.4 Å². The zero-order valence-corrected chi connectivity index (χ0v) is 23.5. The number of hydrogen-bond donors (Lipinski definition) is 1. The highest BCUT2D eigenvalue weighted by Crippen LogP contribution is 2.30. The third-order valence-electron chi connectivity index (χ3n) is 6.78. The van der Waals surface area contributed by atoms with Gasteiger partial charge in [0.1, 0.15) is 12.4 Å². The fourth-order valence-electron chi connectivity index (χ4n) is 4.39. The number of aryl methyl sites for hydroxylation is 1. The number of nitrogens with one attached hydrogen (secondary N) is 1. The maximum Gasteiger partial charge on any atom is 0.263 e. The number of sulfonamides is 1. The Kier molecular flexibility index (Phi) is 8.20. The molecule has 0 bridgehead atoms. The summed E-state index contributed by atoms with van der Waals surface area (Å²) in [6.07, 6.45) is 2.19. The molecule has 39 heavy (non-hydrogen) atoms. The standard InChI is InChI=1S/C29H31ClN4O4S/c1-20-7-10-23(11-8-20)39(35,36)33-28-29(32-26-6-4-3-5-25(26)31-28)38-19-22-9-12-24(30)27(17-22)37-18-21-13-15-34(2)16-14-21/h3-12,17,21H,13-16,18-19H2,1-2H3,(H,31,33).